The Morgan fingerprint density at radius 2 is 1.42 bits per heavy atom. The minimum absolute atomic E-state index is 0.0540. The van der Waals surface area contributed by atoms with Gasteiger partial charge in [-0.2, -0.15) is 0 Å². The van der Waals surface area contributed by atoms with E-state index in [1.807, 2.05) is 42.9 Å². The number of carbonyl (C=O) groups is 1. The maximum Gasteiger partial charge on any atom is 0.169 e. The number of nitrogens with zero attached hydrogens (tertiary/aromatic N) is 3. The number of ketones is 1. The number of pyridine rings is 2. The standard InChI is InChI=1S/C22H24N2O.C6H7NO/c1-21(2)20(22(21,3)4)19(25)17-14-24(13-15-9-11-23-12-10-15)18-8-6-5-7-16(17)18;8-5-6-1-3-7-4-2-6/h5-12,14,20H,13H2,1-4H3;1-4,8H,5H2. The van der Waals surface area contributed by atoms with Gasteiger partial charge in [0.15, 0.2) is 5.78 Å². The molecule has 3 aromatic heterocycles. The van der Waals surface area contributed by atoms with Gasteiger partial charge in [-0.15, -0.1) is 0 Å². The van der Waals surface area contributed by atoms with Crippen molar-refractivity contribution in [1.29, 1.82) is 0 Å². The summed E-state index contributed by atoms with van der Waals surface area (Å²) in [4.78, 5) is 21.2. The summed E-state index contributed by atoms with van der Waals surface area (Å²) in [5.74, 6) is 0.361. The molecule has 0 aliphatic heterocycles. The zero-order valence-electron chi connectivity index (χ0n) is 19.7. The van der Waals surface area contributed by atoms with Crippen LogP contribution in [-0.4, -0.2) is 25.4 Å². The van der Waals surface area contributed by atoms with Crippen LogP contribution in [0.3, 0.4) is 0 Å². The van der Waals surface area contributed by atoms with Gasteiger partial charge in [0.25, 0.3) is 0 Å². The van der Waals surface area contributed by atoms with Crippen molar-refractivity contribution in [2.45, 2.75) is 40.8 Å². The average Bonchev–Trinajstić information content (AvgIpc) is 3.08. The second kappa shape index (κ2) is 8.91. The van der Waals surface area contributed by atoms with Gasteiger partial charge in [0.2, 0.25) is 0 Å². The molecule has 1 aliphatic carbocycles. The lowest BCUT2D eigenvalue weighted by molar-refractivity contribution is 0.0946. The molecule has 5 rings (SSSR count). The van der Waals surface area contributed by atoms with Crippen LogP contribution in [0.15, 0.2) is 79.5 Å². The van der Waals surface area contributed by atoms with Crippen molar-refractivity contribution in [1.82, 2.24) is 14.5 Å². The number of fused-ring (bicyclic) bond motifs is 1. The molecule has 0 saturated heterocycles. The van der Waals surface area contributed by atoms with Crippen LogP contribution in [-0.2, 0) is 13.2 Å². The van der Waals surface area contributed by atoms with Gasteiger partial charge in [0.1, 0.15) is 0 Å². The first-order valence-electron chi connectivity index (χ1n) is 11.3. The fourth-order valence-corrected chi connectivity index (χ4v) is 4.75. The maximum absolute atomic E-state index is 13.3. The van der Waals surface area contributed by atoms with Crippen molar-refractivity contribution in [2.24, 2.45) is 16.7 Å². The largest absolute Gasteiger partial charge is 0.392 e. The van der Waals surface area contributed by atoms with Crippen LogP contribution in [0, 0.1) is 16.7 Å². The van der Waals surface area contributed by atoms with Gasteiger partial charge < -0.3 is 9.67 Å². The molecular formula is C28H31N3O2. The predicted octanol–water partition coefficient (Wildman–Crippen LogP) is 5.52. The van der Waals surface area contributed by atoms with Crippen LogP contribution < -0.4 is 0 Å². The summed E-state index contributed by atoms with van der Waals surface area (Å²) in [6.07, 6.45) is 8.97. The van der Waals surface area contributed by atoms with E-state index in [2.05, 4.69) is 54.4 Å². The second-order valence-corrected chi connectivity index (χ2v) is 9.80. The summed E-state index contributed by atoms with van der Waals surface area (Å²) in [5, 5.41) is 9.57. The molecule has 1 saturated carbocycles. The van der Waals surface area contributed by atoms with Crippen LogP contribution in [0.25, 0.3) is 10.9 Å². The molecule has 1 N–H and O–H groups in total. The summed E-state index contributed by atoms with van der Waals surface area (Å²) in [5.41, 5.74) is 4.16. The molecule has 3 heterocycles. The van der Waals surface area contributed by atoms with E-state index in [0.29, 0.717) is 0 Å². The van der Waals surface area contributed by atoms with Gasteiger partial charge in [-0.25, -0.2) is 0 Å². The Morgan fingerprint density at radius 3 is 1.94 bits per heavy atom. The van der Waals surface area contributed by atoms with Crippen LogP contribution in [0.2, 0.25) is 0 Å². The normalized spacial score (nSPS) is 16.2. The summed E-state index contributed by atoms with van der Waals surface area (Å²) in [6.45, 7) is 9.64. The van der Waals surface area contributed by atoms with E-state index in [9.17, 15) is 4.79 Å². The molecule has 5 nitrogen and oxygen atoms in total. The zero-order valence-corrected chi connectivity index (χ0v) is 19.7. The van der Waals surface area contributed by atoms with Gasteiger partial charge in [0, 0.05) is 59.9 Å². The number of hydrogen-bond donors (Lipinski definition) is 1. The monoisotopic (exact) mass is 441 g/mol. The number of para-hydroxylation sites is 1. The van der Waals surface area contributed by atoms with E-state index in [0.717, 1.165) is 28.6 Å². The average molecular weight is 442 g/mol. The fourth-order valence-electron chi connectivity index (χ4n) is 4.75. The van der Waals surface area contributed by atoms with Crippen LogP contribution in [0.5, 0.6) is 0 Å². The molecule has 1 aromatic carbocycles. The molecule has 0 radical (unpaired) electrons. The molecule has 4 aromatic rings. The number of benzene rings is 1. The lowest BCUT2D eigenvalue weighted by atomic mass is 10.0. The first-order valence-corrected chi connectivity index (χ1v) is 11.3. The highest BCUT2D eigenvalue weighted by Gasteiger charge is 2.68. The summed E-state index contributed by atoms with van der Waals surface area (Å²) >= 11 is 0. The molecule has 0 atom stereocenters. The first-order chi connectivity index (χ1) is 15.8. The Hall–Kier alpha value is -3.31. The Balaban J connectivity index is 0.000000275. The number of rotatable bonds is 5. The Kier molecular flexibility index (Phi) is 6.17. The Morgan fingerprint density at radius 1 is 0.879 bits per heavy atom. The van der Waals surface area contributed by atoms with Gasteiger partial charge >= 0.3 is 0 Å². The minimum atomic E-state index is 0.0540. The molecule has 170 valence electrons. The first kappa shape index (κ1) is 22.9. The molecule has 1 fully saturated rings. The number of aliphatic hydroxyl groups excluding tert-OH is 1. The highest BCUT2D eigenvalue weighted by molar-refractivity contribution is 6.11. The third-order valence-corrected chi connectivity index (χ3v) is 7.37. The van der Waals surface area contributed by atoms with E-state index in [-0.39, 0.29) is 29.1 Å². The molecule has 1 aliphatic rings. The smallest absolute Gasteiger partial charge is 0.169 e. The Labute approximate surface area is 195 Å². The fraction of sp³-hybridized carbons (Fsp3) is 0.321. The van der Waals surface area contributed by atoms with E-state index < -0.39 is 0 Å². The lowest BCUT2D eigenvalue weighted by Crippen LogP contribution is -2.07. The molecular weight excluding hydrogens is 410 g/mol. The number of carbonyl (C=O) groups excluding carboxylic acids is 1. The number of hydrogen-bond acceptors (Lipinski definition) is 4. The van der Waals surface area contributed by atoms with E-state index >= 15 is 0 Å². The molecule has 0 bridgehead atoms. The number of Topliss-reactive ketones (excluding diaryl/α,β-unsaturated/α-hetero) is 1. The van der Waals surface area contributed by atoms with Gasteiger partial charge in [-0.05, 0) is 52.3 Å². The highest BCUT2D eigenvalue weighted by Crippen LogP contribution is 2.69. The predicted molar refractivity (Wildman–Crippen MR) is 131 cm³/mol. The van der Waals surface area contributed by atoms with Crippen molar-refractivity contribution >= 4 is 16.7 Å². The third-order valence-electron chi connectivity index (χ3n) is 7.37. The van der Waals surface area contributed by atoms with Gasteiger partial charge in [-0.3, -0.25) is 14.8 Å². The topological polar surface area (TPSA) is 68.0 Å². The minimum Gasteiger partial charge on any atom is -0.392 e. The lowest BCUT2D eigenvalue weighted by Gasteiger charge is -2.04. The second-order valence-electron chi connectivity index (χ2n) is 9.80. The van der Waals surface area contributed by atoms with E-state index in [4.69, 9.17) is 5.11 Å². The van der Waals surface area contributed by atoms with E-state index in [1.165, 1.54) is 5.56 Å². The van der Waals surface area contributed by atoms with Crippen molar-refractivity contribution in [3.05, 3.63) is 96.2 Å². The van der Waals surface area contributed by atoms with Crippen molar-refractivity contribution in [3.8, 4) is 0 Å². The molecule has 5 heteroatoms. The maximum atomic E-state index is 13.3. The van der Waals surface area contributed by atoms with Crippen molar-refractivity contribution in [3.63, 3.8) is 0 Å². The van der Waals surface area contributed by atoms with Crippen molar-refractivity contribution in [2.75, 3.05) is 0 Å². The number of aromatic nitrogens is 3. The summed E-state index contributed by atoms with van der Waals surface area (Å²) in [6, 6.07) is 15.8. The number of aliphatic hydroxyl groups is 1. The quantitative estimate of drug-likeness (QED) is 0.414. The Bertz CT molecular complexity index is 1230. The van der Waals surface area contributed by atoms with E-state index in [1.54, 1.807) is 24.5 Å². The molecule has 33 heavy (non-hydrogen) atoms. The zero-order chi connectivity index (χ0) is 23.6. The van der Waals surface area contributed by atoms with Crippen molar-refractivity contribution < 1.29 is 9.90 Å². The molecule has 0 unspecified atom stereocenters. The van der Waals surface area contributed by atoms with Gasteiger partial charge in [0.05, 0.1) is 6.61 Å². The molecule has 0 amide bonds. The van der Waals surface area contributed by atoms with Crippen LogP contribution in [0.1, 0.15) is 49.2 Å². The SMILES string of the molecule is CC1(C)C(C(=O)c2cn(Cc3ccncc3)c3ccccc23)C1(C)C.OCc1ccncc1. The molecule has 0 spiro atoms. The summed E-state index contributed by atoms with van der Waals surface area (Å²) in [7, 11) is 0. The highest BCUT2D eigenvalue weighted by atomic mass is 16.3. The van der Waals surface area contributed by atoms with Crippen LogP contribution in [0.4, 0.5) is 0 Å². The van der Waals surface area contributed by atoms with Gasteiger partial charge in [-0.1, -0.05) is 45.9 Å². The summed E-state index contributed by atoms with van der Waals surface area (Å²) < 4.78 is 2.18. The van der Waals surface area contributed by atoms with Crippen LogP contribution >= 0.6 is 0 Å². The third kappa shape index (κ3) is 4.33.